The highest BCUT2D eigenvalue weighted by Crippen LogP contribution is 2.18. The summed E-state index contributed by atoms with van der Waals surface area (Å²) in [5.74, 6) is -0.448. The molecule has 0 saturated heterocycles. The Labute approximate surface area is 120 Å². The van der Waals surface area contributed by atoms with Crippen LogP contribution in [0.4, 0.5) is 4.79 Å². The number of aliphatic carboxylic acids is 1. The maximum Gasteiger partial charge on any atom is 0.314 e. The van der Waals surface area contributed by atoms with Gasteiger partial charge in [0, 0.05) is 25.6 Å². The minimum absolute atomic E-state index is 0.137. The molecular weight excluding hydrogens is 258 g/mol. The lowest BCUT2D eigenvalue weighted by Gasteiger charge is -2.11. The van der Waals surface area contributed by atoms with Gasteiger partial charge in [0.2, 0.25) is 0 Å². The summed E-state index contributed by atoms with van der Waals surface area (Å²) in [5, 5.41) is 17.6. The Morgan fingerprint density at radius 1 is 1.15 bits per heavy atom. The van der Waals surface area contributed by atoms with Crippen LogP contribution < -0.4 is 16.0 Å². The van der Waals surface area contributed by atoms with E-state index in [-0.39, 0.29) is 12.5 Å². The third-order valence-corrected chi connectivity index (χ3v) is 3.42. The van der Waals surface area contributed by atoms with Crippen molar-refractivity contribution in [2.45, 2.75) is 51.5 Å². The number of carbonyl (C=O) groups excluding carboxylic acids is 1. The minimum Gasteiger partial charge on any atom is -0.481 e. The van der Waals surface area contributed by atoms with Gasteiger partial charge in [-0.15, -0.1) is 0 Å². The number of nitrogens with one attached hydrogen (secondary N) is 3. The Kier molecular flexibility index (Phi) is 8.02. The molecule has 6 heteroatoms. The van der Waals surface area contributed by atoms with Gasteiger partial charge in [-0.3, -0.25) is 4.79 Å². The fourth-order valence-corrected chi connectivity index (χ4v) is 1.89. The molecule has 1 fully saturated rings. The molecule has 1 rings (SSSR count). The Morgan fingerprint density at radius 3 is 2.50 bits per heavy atom. The third kappa shape index (κ3) is 9.61. The highest BCUT2D eigenvalue weighted by atomic mass is 16.4. The van der Waals surface area contributed by atoms with Gasteiger partial charge in [0.15, 0.2) is 0 Å². The van der Waals surface area contributed by atoms with Crippen molar-refractivity contribution in [3.05, 3.63) is 0 Å². The van der Waals surface area contributed by atoms with Crippen molar-refractivity contribution < 1.29 is 14.7 Å². The van der Waals surface area contributed by atoms with Crippen LogP contribution in [-0.2, 0) is 4.79 Å². The summed E-state index contributed by atoms with van der Waals surface area (Å²) in [6.07, 6.45) is 5.18. The molecule has 0 aromatic carbocycles. The number of rotatable bonds is 11. The van der Waals surface area contributed by atoms with Crippen molar-refractivity contribution in [3.63, 3.8) is 0 Å². The van der Waals surface area contributed by atoms with E-state index in [0.29, 0.717) is 25.4 Å². The van der Waals surface area contributed by atoms with Crippen LogP contribution in [0.1, 0.15) is 45.4 Å². The molecule has 1 aliphatic carbocycles. The second-order valence-corrected chi connectivity index (χ2v) is 5.59. The van der Waals surface area contributed by atoms with Crippen molar-refractivity contribution in [2.24, 2.45) is 5.92 Å². The van der Waals surface area contributed by atoms with Crippen LogP contribution in [0.3, 0.4) is 0 Å². The molecule has 1 aliphatic rings. The van der Waals surface area contributed by atoms with Crippen molar-refractivity contribution in [1.29, 1.82) is 0 Å². The van der Waals surface area contributed by atoms with E-state index in [0.717, 1.165) is 25.4 Å². The molecule has 6 nitrogen and oxygen atoms in total. The fourth-order valence-electron chi connectivity index (χ4n) is 1.89. The molecule has 0 aromatic heterocycles. The summed E-state index contributed by atoms with van der Waals surface area (Å²) < 4.78 is 0. The Balaban J connectivity index is 1.86. The van der Waals surface area contributed by atoms with E-state index < -0.39 is 5.97 Å². The van der Waals surface area contributed by atoms with E-state index in [4.69, 9.17) is 5.11 Å². The van der Waals surface area contributed by atoms with E-state index in [2.05, 4.69) is 16.0 Å². The number of carboxylic acids is 1. The maximum absolute atomic E-state index is 11.5. The lowest BCUT2D eigenvalue weighted by atomic mass is 10.0. The summed E-state index contributed by atoms with van der Waals surface area (Å²) >= 11 is 0. The zero-order valence-corrected chi connectivity index (χ0v) is 12.3. The number of carbonyl (C=O) groups is 2. The minimum atomic E-state index is -0.762. The normalized spacial score (nSPS) is 15.7. The maximum atomic E-state index is 11.5. The topological polar surface area (TPSA) is 90.5 Å². The van der Waals surface area contributed by atoms with Gasteiger partial charge in [0.1, 0.15) is 0 Å². The van der Waals surface area contributed by atoms with Gasteiger partial charge in [-0.25, -0.2) is 4.79 Å². The van der Waals surface area contributed by atoms with Crippen LogP contribution in [0, 0.1) is 5.92 Å². The average Bonchev–Trinajstić information content (AvgIpc) is 3.20. The number of carboxylic acid groups (broad SMARTS) is 1. The summed E-state index contributed by atoms with van der Waals surface area (Å²) in [6, 6.07) is 0.581. The lowest BCUT2D eigenvalue weighted by Crippen LogP contribution is -2.37. The van der Waals surface area contributed by atoms with Crippen LogP contribution in [0.25, 0.3) is 0 Å². The molecule has 1 atom stereocenters. The highest BCUT2D eigenvalue weighted by Gasteiger charge is 2.19. The monoisotopic (exact) mass is 285 g/mol. The van der Waals surface area contributed by atoms with Crippen molar-refractivity contribution in [3.8, 4) is 0 Å². The fraction of sp³-hybridized carbons (Fsp3) is 0.857. The van der Waals surface area contributed by atoms with Crippen LogP contribution >= 0.6 is 0 Å². The zero-order valence-electron chi connectivity index (χ0n) is 12.3. The van der Waals surface area contributed by atoms with Gasteiger partial charge in [-0.05, 0) is 44.6 Å². The Bertz CT molecular complexity index is 306. The molecule has 4 N–H and O–H groups in total. The van der Waals surface area contributed by atoms with Crippen LogP contribution in [0.5, 0.6) is 0 Å². The smallest absolute Gasteiger partial charge is 0.314 e. The summed E-state index contributed by atoms with van der Waals surface area (Å²) in [6.45, 7) is 4.23. The molecule has 116 valence electrons. The molecule has 2 amide bonds. The zero-order chi connectivity index (χ0) is 14.8. The van der Waals surface area contributed by atoms with Crippen LogP contribution in [0.2, 0.25) is 0 Å². The molecule has 0 spiro atoms. The summed E-state index contributed by atoms with van der Waals surface area (Å²) in [5.41, 5.74) is 0. The van der Waals surface area contributed by atoms with Gasteiger partial charge < -0.3 is 21.1 Å². The van der Waals surface area contributed by atoms with Crippen LogP contribution in [-0.4, -0.2) is 42.8 Å². The average molecular weight is 285 g/mol. The first-order valence-electron chi connectivity index (χ1n) is 7.55. The highest BCUT2D eigenvalue weighted by molar-refractivity contribution is 5.73. The molecule has 0 heterocycles. The molecule has 0 aromatic rings. The first-order valence-corrected chi connectivity index (χ1v) is 7.55. The van der Waals surface area contributed by atoms with E-state index in [9.17, 15) is 9.59 Å². The second-order valence-electron chi connectivity index (χ2n) is 5.59. The number of amides is 2. The van der Waals surface area contributed by atoms with E-state index in [1.54, 1.807) is 0 Å². The molecule has 1 saturated carbocycles. The summed E-state index contributed by atoms with van der Waals surface area (Å²) in [4.78, 5) is 21.9. The molecule has 0 bridgehead atoms. The van der Waals surface area contributed by atoms with E-state index in [1.165, 1.54) is 12.8 Å². The first-order chi connectivity index (χ1) is 9.58. The van der Waals surface area contributed by atoms with E-state index in [1.807, 2.05) is 6.92 Å². The predicted octanol–water partition coefficient (Wildman–Crippen LogP) is 1.32. The van der Waals surface area contributed by atoms with Crippen molar-refractivity contribution in [2.75, 3.05) is 19.6 Å². The standard InChI is InChI=1S/C14H27N3O3/c1-11(3-6-13(18)19)7-10-17-14(20)16-9-2-8-15-12-4-5-12/h11-12,15H,2-10H2,1H3,(H,18,19)(H2,16,17,20). The Morgan fingerprint density at radius 2 is 1.85 bits per heavy atom. The van der Waals surface area contributed by atoms with Gasteiger partial charge in [0.05, 0.1) is 0 Å². The lowest BCUT2D eigenvalue weighted by molar-refractivity contribution is -0.137. The SMILES string of the molecule is CC(CCNC(=O)NCCCNC1CC1)CCC(=O)O. The van der Waals surface area contributed by atoms with Gasteiger partial charge >= 0.3 is 12.0 Å². The number of urea groups is 1. The number of hydrogen-bond donors (Lipinski definition) is 4. The van der Waals surface area contributed by atoms with Crippen molar-refractivity contribution >= 4 is 12.0 Å². The van der Waals surface area contributed by atoms with E-state index >= 15 is 0 Å². The van der Waals surface area contributed by atoms with Gasteiger partial charge in [-0.1, -0.05) is 6.92 Å². The van der Waals surface area contributed by atoms with Gasteiger partial charge in [0.25, 0.3) is 0 Å². The molecule has 20 heavy (non-hydrogen) atoms. The number of hydrogen-bond acceptors (Lipinski definition) is 3. The molecule has 1 unspecified atom stereocenters. The third-order valence-electron chi connectivity index (χ3n) is 3.42. The van der Waals surface area contributed by atoms with Crippen LogP contribution in [0.15, 0.2) is 0 Å². The largest absolute Gasteiger partial charge is 0.481 e. The first kappa shape index (κ1) is 16.8. The summed E-state index contributed by atoms with van der Waals surface area (Å²) in [7, 11) is 0. The molecular formula is C14H27N3O3. The molecule has 0 aliphatic heterocycles. The van der Waals surface area contributed by atoms with Gasteiger partial charge in [-0.2, -0.15) is 0 Å². The van der Waals surface area contributed by atoms with Crippen molar-refractivity contribution in [1.82, 2.24) is 16.0 Å². The molecule has 0 radical (unpaired) electrons. The Hall–Kier alpha value is -1.30. The quantitative estimate of drug-likeness (QED) is 0.431. The predicted molar refractivity (Wildman–Crippen MR) is 77.7 cm³/mol. The second kappa shape index (κ2) is 9.58.